The number of carbonyl (C=O) groups excluding carboxylic acids is 1. The van der Waals surface area contributed by atoms with Crippen LogP contribution in [0.4, 0.5) is 9.18 Å². The normalized spacial score (nSPS) is 27.5. The summed E-state index contributed by atoms with van der Waals surface area (Å²) in [6.45, 7) is 15.9. The first-order chi connectivity index (χ1) is 17.6. The van der Waals surface area contributed by atoms with Gasteiger partial charge in [-0.15, -0.1) is 0 Å². The summed E-state index contributed by atoms with van der Waals surface area (Å²) in [6.07, 6.45) is 0.306. The predicted octanol–water partition coefficient (Wildman–Crippen LogP) is 6.18. The highest BCUT2D eigenvalue weighted by Gasteiger charge is 2.61. The molecule has 38 heavy (non-hydrogen) atoms. The standard InChI is InChI=1S/C29H36BClFNO5/c1-17-22-20(16-19(32)24(31)23(22)30-37-27(5,6)28(7,8)38-30)35-29(17,18-12-10-9-11-13-18)21-14-15-33(21)25(34)36-26(2,3)4/h9-13,16-17,21H,14-15H2,1-8H3/t17-,21?,29-/m0/s1. The van der Waals surface area contributed by atoms with Crippen molar-refractivity contribution in [3.05, 3.63) is 58.4 Å². The lowest BCUT2D eigenvalue weighted by atomic mass is 9.66. The number of carbonyl (C=O) groups is 1. The molecular formula is C29H36BClFNO5. The fourth-order valence-corrected chi connectivity index (χ4v) is 6.02. The molecule has 204 valence electrons. The average molecular weight is 544 g/mol. The summed E-state index contributed by atoms with van der Waals surface area (Å²) in [5.41, 5.74) is -0.847. The van der Waals surface area contributed by atoms with Crippen LogP contribution in [-0.2, 0) is 19.6 Å². The van der Waals surface area contributed by atoms with E-state index >= 15 is 4.39 Å². The zero-order valence-corrected chi connectivity index (χ0v) is 24.1. The van der Waals surface area contributed by atoms with Crippen LogP contribution in [0.1, 0.15) is 78.9 Å². The van der Waals surface area contributed by atoms with E-state index < -0.39 is 41.4 Å². The molecule has 3 aliphatic rings. The molecule has 0 radical (unpaired) electrons. The summed E-state index contributed by atoms with van der Waals surface area (Å²) in [6, 6.07) is 10.8. The van der Waals surface area contributed by atoms with Crippen molar-refractivity contribution in [3.8, 4) is 5.75 Å². The summed E-state index contributed by atoms with van der Waals surface area (Å²) in [5.74, 6) is -0.546. The molecule has 2 aromatic rings. The average Bonchev–Trinajstić information content (AvgIpc) is 3.16. The number of fused-ring (bicyclic) bond motifs is 1. The Morgan fingerprint density at radius 2 is 1.74 bits per heavy atom. The number of hydrogen-bond acceptors (Lipinski definition) is 5. The maximum Gasteiger partial charge on any atom is 0.496 e. The summed E-state index contributed by atoms with van der Waals surface area (Å²) < 4.78 is 40.5. The molecule has 0 saturated carbocycles. The summed E-state index contributed by atoms with van der Waals surface area (Å²) in [4.78, 5) is 14.9. The van der Waals surface area contributed by atoms with Crippen molar-refractivity contribution in [3.63, 3.8) is 0 Å². The molecule has 0 aliphatic carbocycles. The topological polar surface area (TPSA) is 57.2 Å². The van der Waals surface area contributed by atoms with E-state index in [4.69, 9.17) is 30.4 Å². The second-order valence-electron chi connectivity index (χ2n) is 12.5. The van der Waals surface area contributed by atoms with Crippen LogP contribution in [0.15, 0.2) is 36.4 Å². The van der Waals surface area contributed by atoms with Gasteiger partial charge < -0.3 is 23.7 Å². The highest BCUT2D eigenvalue weighted by atomic mass is 35.5. The van der Waals surface area contributed by atoms with E-state index in [9.17, 15) is 4.79 Å². The highest BCUT2D eigenvalue weighted by molar-refractivity contribution is 6.66. The number of nitrogens with zero attached hydrogens (tertiary/aromatic N) is 1. The van der Waals surface area contributed by atoms with Gasteiger partial charge in [0.1, 0.15) is 17.2 Å². The molecule has 2 aromatic carbocycles. The van der Waals surface area contributed by atoms with Crippen LogP contribution in [0, 0.1) is 5.82 Å². The maximum absolute atomic E-state index is 15.3. The van der Waals surface area contributed by atoms with E-state index in [1.165, 1.54) is 6.07 Å². The minimum atomic E-state index is -0.992. The Hall–Kier alpha value is -2.29. The van der Waals surface area contributed by atoms with E-state index in [-0.39, 0.29) is 17.0 Å². The lowest BCUT2D eigenvalue weighted by Gasteiger charge is -2.51. The Morgan fingerprint density at radius 1 is 1.13 bits per heavy atom. The molecule has 5 rings (SSSR count). The SMILES string of the molecule is C[C@H]1c2c(cc(F)c(Cl)c2B2OC(C)(C)C(C)(C)O2)O[C@@]1(c1ccccc1)C1CCN1C(=O)OC(C)(C)C. The zero-order chi connectivity index (χ0) is 27.8. The molecule has 9 heteroatoms. The van der Waals surface area contributed by atoms with Gasteiger partial charge in [0.05, 0.1) is 22.3 Å². The third-order valence-electron chi connectivity index (χ3n) is 8.47. The fourth-order valence-electron chi connectivity index (χ4n) is 5.77. The van der Waals surface area contributed by atoms with Gasteiger partial charge in [-0.3, -0.25) is 0 Å². The van der Waals surface area contributed by atoms with Crippen LogP contribution in [0.3, 0.4) is 0 Å². The van der Waals surface area contributed by atoms with Crippen LogP contribution in [0.25, 0.3) is 0 Å². The monoisotopic (exact) mass is 543 g/mol. The number of benzene rings is 2. The second kappa shape index (κ2) is 8.87. The Kier molecular flexibility index (Phi) is 6.37. The molecule has 0 N–H and O–H groups in total. The van der Waals surface area contributed by atoms with Gasteiger partial charge in [-0.25, -0.2) is 9.18 Å². The number of amides is 1. The van der Waals surface area contributed by atoms with Gasteiger partial charge in [-0.1, -0.05) is 48.9 Å². The number of halogens is 2. The Balaban J connectivity index is 1.64. The van der Waals surface area contributed by atoms with Crippen molar-refractivity contribution in [2.75, 3.05) is 6.54 Å². The molecule has 3 heterocycles. The predicted molar refractivity (Wildman–Crippen MR) is 146 cm³/mol. The molecule has 1 amide bonds. The van der Waals surface area contributed by atoms with Gasteiger partial charge in [-0.2, -0.15) is 0 Å². The fraction of sp³-hybridized carbons (Fsp3) is 0.552. The lowest BCUT2D eigenvalue weighted by Crippen LogP contribution is -2.64. The molecule has 1 unspecified atom stereocenters. The van der Waals surface area contributed by atoms with Crippen LogP contribution in [-0.4, -0.2) is 47.5 Å². The van der Waals surface area contributed by atoms with E-state index in [1.54, 1.807) is 4.90 Å². The highest BCUT2D eigenvalue weighted by Crippen LogP contribution is 2.56. The van der Waals surface area contributed by atoms with Crippen molar-refractivity contribution < 1.29 is 28.0 Å². The van der Waals surface area contributed by atoms with Crippen molar-refractivity contribution in [1.82, 2.24) is 4.90 Å². The maximum atomic E-state index is 15.3. The van der Waals surface area contributed by atoms with E-state index in [0.717, 1.165) is 11.1 Å². The Labute approximate surface area is 229 Å². The van der Waals surface area contributed by atoms with Crippen molar-refractivity contribution in [2.45, 2.75) is 96.2 Å². The van der Waals surface area contributed by atoms with Gasteiger partial charge in [0.15, 0.2) is 5.60 Å². The molecular weight excluding hydrogens is 508 g/mol. The first-order valence-electron chi connectivity index (χ1n) is 13.2. The minimum absolute atomic E-state index is 0.0424. The van der Waals surface area contributed by atoms with Gasteiger partial charge in [-0.05, 0) is 60.5 Å². The van der Waals surface area contributed by atoms with Gasteiger partial charge in [0.2, 0.25) is 0 Å². The van der Waals surface area contributed by atoms with Crippen molar-refractivity contribution >= 4 is 30.3 Å². The number of likely N-dealkylation sites (tertiary alicyclic amines) is 1. The summed E-state index contributed by atoms with van der Waals surface area (Å²) in [5, 5.41) is -0.0424. The number of hydrogen-bond donors (Lipinski definition) is 0. The van der Waals surface area contributed by atoms with E-state index in [1.807, 2.05) is 85.7 Å². The minimum Gasteiger partial charge on any atom is -0.479 e. The quantitative estimate of drug-likeness (QED) is 0.433. The van der Waals surface area contributed by atoms with Crippen molar-refractivity contribution in [2.24, 2.45) is 0 Å². The Bertz CT molecular complexity index is 1250. The third-order valence-corrected chi connectivity index (χ3v) is 8.86. The van der Waals surface area contributed by atoms with Gasteiger partial charge in [0, 0.05) is 29.6 Å². The van der Waals surface area contributed by atoms with Crippen LogP contribution >= 0.6 is 11.6 Å². The molecule has 3 atom stereocenters. The zero-order valence-electron chi connectivity index (χ0n) is 23.4. The summed E-state index contributed by atoms with van der Waals surface area (Å²) in [7, 11) is -0.877. The summed E-state index contributed by atoms with van der Waals surface area (Å²) >= 11 is 6.65. The molecule has 6 nitrogen and oxygen atoms in total. The molecule has 2 saturated heterocycles. The second-order valence-corrected chi connectivity index (χ2v) is 12.9. The van der Waals surface area contributed by atoms with E-state index in [2.05, 4.69) is 0 Å². The number of ether oxygens (including phenoxy) is 2. The van der Waals surface area contributed by atoms with Crippen LogP contribution in [0.5, 0.6) is 5.75 Å². The first kappa shape index (κ1) is 27.3. The molecule has 0 bridgehead atoms. The van der Waals surface area contributed by atoms with Gasteiger partial charge in [0.25, 0.3) is 0 Å². The largest absolute Gasteiger partial charge is 0.496 e. The molecule has 2 fully saturated rings. The number of rotatable bonds is 3. The van der Waals surface area contributed by atoms with Crippen LogP contribution in [0.2, 0.25) is 5.02 Å². The van der Waals surface area contributed by atoms with Crippen molar-refractivity contribution in [1.29, 1.82) is 0 Å². The van der Waals surface area contributed by atoms with Crippen LogP contribution < -0.4 is 10.2 Å². The Morgan fingerprint density at radius 3 is 2.26 bits per heavy atom. The lowest BCUT2D eigenvalue weighted by molar-refractivity contribution is -0.0838. The molecule has 3 aliphatic heterocycles. The van der Waals surface area contributed by atoms with Gasteiger partial charge >= 0.3 is 13.2 Å². The van der Waals surface area contributed by atoms with E-state index in [0.29, 0.717) is 24.2 Å². The molecule has 0 spiro atoms. The smallest absolute Gasteiger partial charge is 0.479 e. The molecule has 0 aromatic heterocycles. The first-order valence-corrected chi connectivity index (χ1v) is 13.6. The third kappa shape index (κ3) is 4.11.